The van der Waals surface area contributed by atoms with E-state index in [1.165, 1.54) is 21.3 Å². The zero-order chi connectivity index (χ0) is 15.2. The number of rotatable bonds is 6. The molecule has 2 aromatic carbocycles. The topological polar surface area (TPSA) is 12.0 Å². The van der Waals surface area contributed by atoms with Crippen LogP contribution in [0.2, 0.25) is 0 Å². The molecule has 0 radical (unpaired) electrons. The maximum atomic E-state index is 13.0. The molecule has 112 valence electrons. The molecule has 1 nitrogen and oxygen atoms in total. The van der Waals surface area contributed by atoms with Gasteiger partial charge in [0.1, 0.15) is 5.82 Å². The van der Waals surface area contributed by atoms with E-state index < -0.39 is 0 Å². The molecule has 1 N–H and O–H groups in total. The lowest BCUT2D eigenvalue weighted by Gasteiger charge is -2.21. The summed E-state index contributed by atoms with van der Waals surface area (Å²) in [6.45, 7) is 3.12. The van der Waals surface area contributed by atoms with Gasteiger partial charge in [-0.25, -0.2) is 4.39 Å². The first-order chi connectivity index (χ1) is 10.1. The lowest BCUT2D eigenvalue weighted by molar-refractivity contribution is 0.526. The third-order valence-electron chi connectivity index (χ3n) is 3.33. The first-order valence-corrected chi connectivity index (χ1v) is 8.90. The Balaban J connectivity index is 2.25. The molecule has 0 saturated carbocycles. The van der Waals surface area contributed by atoms with Gasteiger partial charge in [-0.2, -0.15) is 0 Å². The van der Waals surface area contributed by atoms with Crippen molar-refractivity contribution >= 4 is 38.5 Å². The molecule has 4 heteroatoms. The van der Waals surface area contributed by atoms with Gasteiger partial charge < -0.3 is 5.32 Å². The highest BCUT2D eigenvalue weighted by molar-refractivity contribution is 14.1. The van der Waals surface area contributed by atoms with Gasteiger partial charge >= 0.3 is 0 Å². The smallest absolute Gasteiger partial charge is 0.123 e. The van der Waals surface area contributed by atoms with Crippen LogP contribution in [0.3, 0.4) is 0 Å². The Morgan fingerprint density at radius 2 is 1.90 bits per heavy atom. The summed E-state index contributed by atoms with van der Waals surface area (Å²) >= 11 is 5.97. The molecule has 0 fully saturated rings. The van der Waals surface area contributed by atoms with Crippen molar-refractivity contribution in [1.82, 2.24) is 5.32 Å². The van der Waals surface area contributed by atoms with Crippen molar-refractivity contribution < 1.29 is 4.39 Å². The van der Waals surface area contributed by atoms with Crippen LogP contribution in [0.1, 0.15) is 30.5 Å². The van der Waals surface area contributed by atoms with Crippen LogP contribution in [0.15, 0.2) is 46.9 Å². The Hall–Kier alpha value is -0.460. The second-order valence-electron chi connectivity index (χ2n) is 5.00. The average molecular weight is 462 g/mol. The summed E-state index contributed by atoms with van der Waals surface area (Å²) in [7, 11) is 0. The summed E-state index contributed by atoms with van der Waals surface area (Å²) in [4.78, 5) is 0. The zero-order valence-electron chi connectivity index (χ0n) is 11.9. The molecule has 2 aromatic rings. The quantitative estimate of drug-likeness (QED) is 0.562. The third kappa shape index (κ3) is 5.04. The normalized spacial score (nSPS) is 12.4. The van der Waals surface area contributed by atoms with Crippen molar-refractivity contribution in [1.29, 1.82) is 0 Å². The molecule has 0 bridgehead atoms. The fraction of sp³-hybridized carbons (Fsp3) is 0.294. The van der Waals surface area contributed by atoms with Gasteiger partial charge in [0.25, 0.3) is 0 Å². The highest BCUT2D eigenvalue weighted by Crippen LogP contribution is 2.28. The van der Waals surface area contributed by atoms with Crippen molar-refractivity contribution in [3.05, 3.63) is 67.5 Å². The number of hydrogen-bond donors (Lipinski definition) is 1. The van der Waals surface area contributed by atoms with Gasteiger partial charge in [-0.15, -0.1) is 0 Å². The molecule has 2 rings (SSSR count). The van der Waals surface area contributed by atoms with Crippen molar-refractivity contribution in [2.24, 2.45) is 0 Å². The van der Waals surface area contributed by atoms with Crippen LogP contribution in [-0.2, 0) is 6.42 Å². The van der Waals surface area contributed by atoms with Gasteiger partial charge in [0.15, 0.2) is 0 Å². The SMILES string of the molecule is CCCNC(Cc1ccc(F)cc1)c1cc(I)ccc1Br. The maximum Gasteiger partial charge on any atom is 0.123 e. The first kappa shape index (κ1) is 16.9. The number of nitrogens with one attached hydrogen (secondary N) is 1. The second-order valence-corrected chi connectivity index (χ2v) is 7.10. The lowest BCUT2D eigenvalue weighted by Crippen LogP contribution is -2.24. The van der Waals surface area contributed by atoms with Crippen LogP contribution >= 0.6 is 38.5 Å². The molecule has 1 unspecified atom stereocenters. The van der Waals surface area contributed by atoms with Crippen LogP contribution in [0, 0.1) is 9.39 Å². The third-order valence-corrected chi connectivity index (χ3v) is 4.72. The van der Waals surface area contributed by atoms with Crippen LogP contribution in [0.4, 0.5) is 4.39 Å². The van der Waals surface area contributed by atoms with Crippen LogP contribution in [-0.4, -0.2) is 6.54 Å². The molecule has 0 aromatic heterocycles. The predicted octanol–water partition coefficient (Wildman–Crippen LogP) is 5.48. The Kier molecular flexibility index (Phi) is 6.64. The minimum absolute atomic E-state index is 0.188. The fourth-order valence-electron chi connectivity index (χ4n) is 2.25. The van der Waals surface area contributed by atoms with Crippen molar-refractivity contribution in [2.45, 2.75) is 25.8 Å². The molecule has 0 amide bonds. The average Bonchev–Trinajstić information content (AvgIpc) is 2.48. The summed E-state index contributed by atoms with van der Waals surface area (Å²) in [6.07, 6.45) is 1.93. The summed E-state index contributed by atoms with van der Waals surface area (Å²) in [5.41, 5.74) is 2.38. The van der Waals surface area contributed by atoms with Gasteiger partial charge in [-0.05, 0) is 83.4 Å². The van der Waals surface area contributed by atoms with Gasteiger partial charge in [-0.3, -0.25) is 0 Å². The number of benzene rings is 2. The van der Waals surface area contributed by atoms with Crippen molar-refractivity contribution in [3.8, 4) is 0 Å². The van der Waals surface area contributed by atoms with Crippen LogP contribution in [0.5, 0.6) is 0 Å². The molecule has 0 aliphatic rings. The lowest BCUT2D eigenvalue weighted by atomic mass is 9.98. The van der Waals surface area contributed by atoms with Crippen molar-refractivity contribution in [3.63, 3.8) is 0 Å². The highest BCUT2D eigenvalue weighted by atomic mass is 127. The van der Waals surface area contributed by atoms with E-state index >= 15 is 0 Å². The van der Waals surface area contributed by atoms with Gasteiger partial charge in [-0.1, -0.05) is 35.0 Å². The molecule has 21 heavy (non-hydrogen) atoms. The summed E-state index contributed by atoms with van der Waals surface area (Å²) in [5.74, 6) is -0.188. The molecule has 1 atom stereocenters. The summed E-state index contributed by atoms with van der Waals surface area (Å²) < 4.78 is 15.4. The molecule has 0 aliphatic heterocycles. The number of halogens is 3. The second kappa shape index (κ2) is 8.25. The van der Waals surface area contributed by atoms with E-state index in [-0.39, 0.29) is 11.9 Å². The summed E-state index contributed by atoms with van der Waals surface area (Å²) in [6, 6.07) is 13.4. The minimum atomic E-state index is -0.188. The molecular weight excluding hydrogens is 444 g/mol. The monoisotopic (exact) mass is 461 g/mol. The minimum Gasteiger partial charge on any atom is -0.310 e. The largest absolute Gasteiger partial charge is 0.310 e. The van der Waals surface area contributed by atoms with Gasteiger partial charge in [0.2, 0.25) is 0 Å². The molecule has 0 spiro atoms. The maximum absolute atomic E-state index is 13.0. The van der Waals surface area contributed by atoms with E-state index in [9.17, 15) is 4.39 Å². The molecule has 0 heterocycles. The Morgan fingerprint density at radius 1 is 1.19 bits per heavy atom. The first-order valence-electron chi connectivity index (χ1n) is 7.03. The standard InChI is InChI=1S/C17H18BrFIN/c1-2-9-21-17(10-12-3-5-13(19)6-4-12)15-11-14(20)7-8-16(15)18/h3-8,11,17,21H,2,9-10H2,1H3. The zero-order valence-corrected chi connectivity index (χ0v) is 15.6. The Bertz CT molecular complexity index is 586. The van der Waals surface area contributed by atoms with E-state index in [4.69, 9.17) is 0 Å². The van der Waals surface area contributed by atoms with E-state index in [2.05, 4.69) is 69.0 Å². The van der Waals surface area contributed by atoms with E-state index in [1.807, 2.05) is 12.1 Å². The van der Waals surface area contributed by atoms with Crippen LogP contribution < -0.4 is 5.32 Å². The van der Waals surface area contributed by atoms with Gasteiger partial charge in [0, 0.05) is 14.1 Å². The van der Waals surface area contributed by atoms with Gasteiger partial charge in [0.05, 0.1) is 0 Å². The van der Waals surface area contributed by atoms with Crippen LogP contribution in [0.25, 0.3) is 0 Å². The van der Waals surface area contributed by atoms with E-state index in [0.717, 1.165) is 29.4 Å². The molecular formula is C17H18BrFIN. The molecule has 0 aliphatic carbocycles. The van der Waals surface area contributed by atoms with E-state index in [0.29, 0.717) is 0 Å². The molecule has 0 saturated heterocycles. The summed E-state index contributed by atoms with van der Waals surface area (Å²) in [5, 5.41) is 3.59. The van der Waals surface area contributed by atoms with E-state index in [1.54, 1.807) is 0 Å². The predicted molar refractivity (Wildman–Crippen MR) is 98.0 cm³/mol. The van der Waals surface area contributed by atoms with Crippen molar-refractivity contribution in [2.75, 3.05) is 6.54 Å². The fourth-order valence-corrected chi connectivity index (χ4v) is 3.29. The Labute approximate surface area is 147 Å². The number of hydrogen-bond acceptors (Lipinski definition) is 1. The highest BCUT2D eigenvalue weighted by Gasteiger charge is 2.15. The Morgan fingerprint density at radius 3 is 2.57 bits per heavy atom.